The van der Waals surface area contributed by atoms with Gasteiger partial charge in [0.2, 0.25) is 5.82 Å². The largest absolute Gasteiger partial charge is 0.506 e. The van der Waals surface area contributed by atoms with Gasteiger partial charge in [0.15, 0.2) is 5.82 Å². The van der Waals surface area contributed by atoms with Crippen LogP contribution in [0.4, 0.5) is 24.5 Å². The molecule has 0 aliphatic rings. The van der Waals surface area contributed by atoms with Crippen LogP contribution in [0.25, 0.3) is 5.76 Å². The number of esters is 1. The number of aliphatic imine (C=N–C) groups is 1. The molecule has 0 heterocycles. The number of nitro groups is 1. The highest BCUT2D eigenvalue weighted by atomic mass is 19.2. The SMILES string of the molecule is COC(=O)C(C=Nc1ccccc1)=C(O)c1c(F)c(C)c(F)c(F)c1[N+](=O)[O-]. The van der Waals surface area contributed by atoms with E-state index in [0.29, 0.717) is 5.69 Å². The van der Waals surface area contributed by atoms with Crippen LogP contribution in [0.15, 0.2) is 40.9 Å². The van der Waals surface area contributed by atoms with Crippen molar-refractivity contribution in [2.75, 3.05) is 7.11 Å². The molecule has 0 radical (unpaired) electrons. The zero-order chi connectivity index (χ0) is 21.0. The van der Waals surface area contributed by atoms with Crippen molar-refractivity contribution in [3.05, 3.63) is 74.6 Å². The number of benzene rings is 2. The standard InChI is InChI=1S/C18H13F3N2O5/c1-9-13(19)12(16(23(26)27)15(21)14(9)20)17(24)11(18(25)28-2)8-22-10-6-4-3-5-7-10/h3-8,24H,1-2H3. The van der Waals surface area contributed by atoms with Gasteiger partial charge in [-0.3, -0.25) is 15.1 Å². The van der Waals surface area contributed by atoms with E-state index in [-0.39, 0.29) is 0 Å². The lowest BCUT2D eigenvalue weighted by molar-refractivity contribution is -0.388. The molecule has 0 aliphatic carbocycles. The molecule has 0 aromatic heterocycles. The summed E-state index contributed by atoms with van der Waals surface area (Å²) in [5.74, 6) is -7.91. The Labute approximate surface area is 156 Å². The molecule has 1 N–H and O–H groups in total. The number of carbonyl (C=O) groups excluding carboxylic acids is 1. The first-order valence-electron chi connectivity index (χ1n) is 7.63. The van der Waals surface area contributed by atoms with Crippen LogP contribution >= 0.6 is 0 Å². The van der Waals surface area contributed by atoms with Gasteiger partial charge >= 0.3 is 11.7 Å². The minimum absolute atomic E-state index is 0.327. The van der Waals surface area contributed by atoms with Crippen molar-refractivity contribution in [3.8, 4) is 0 Å². The van der Waals surface area contributed by atoms with Crippen molar-refractivity contribution in [1.29, 1.82) is 0 Å². The summed E-state index contributed by atoms with van der Waals surface area (Å²) in [5, 5.41) is 21.5. The molecule has 0 aliphatic heterocycles. The molecular weight excluding hydrogens is 381 g/mol. The Morgan fingerprint density at radius 3 is 2.32 bits per heavy atom. The van der Waals surface area contributed by atoms with E-state index in [0.717, 1.165) is 20.2 Å². The molecular formula is C18H13F3N2O5. The third-order valence-electron chi connectivity index (χ3n) is 3.69. The minimum atomic E-state index is -1.98. The van der Waals surface area contributed by atoms with E-state index >= 15 is 0 Å². The molecule has 0 atom stereocenters. The quantitative estimate of drug-likeness (QED) is 0.156. The average Bonchev–Trinajstić information content (AvgIpc) is 2.69. The number of rotatable bonds is 5. The molecule has 7 nitrogen and oxygen atoms in total. The van der Waals surface area contributed by atoms with Crippen molar-refractivity contribution in [1.82, 2.24) is 0 Å². The first-order chi connectivity index (χ1) is 13.2. The van der Waals surface area contributed by atoms with E-state index < -0.39 is 56.5 Å². The zero-order valence-corrected chi connectivity index (χ0v) is 14.6. The number of hydrogen-bond donors (Lipinski definition) is 1. The van der Waals surface area contributed by atoms with Crippen LogP contribution in [0.2, 0.25) is 0 Å². The van der Waals surface area contributed by atoms with Crippen LogP contribution in [-0.4, -0.2) is 29.3 Å². The smallest absolute Gasteiger partial charge is 0.343 e. The maximum atomic E-state index is 14.5. The summed E-state index contributed by atoms with van der Waals surface area (Å²) in [7, 11) is 0.938. The Hall–Kier alpha value is -3.69. The number of ether oxygens (including phenoxy) is 1. The fourth-order valence-corrected chi connectivity index (χ4v) is 2.26. The molecule has 28 heavy (non-hydrogen) atoms. The van der Waals surface area contributed by atoms with Gasteiger partial charge in [-0.15, -0.1) is 0 Å². The second-order valence-corrected chi connectivity index (χ2v) is 5.40. The third kappa shape index (κ3) is 3.85. The van der Waals surface area contributed by atoms with Crippen LogP contribution in [0.5, 0.6) is 0 Å². The molecule has 2 aromatic rings. The first-order valence-corrected chi connectivity index (χ1v) is 7.63. The molecule has 0 bridgehead atoms. The van der Waals surface area contributed by atoms with Crippen LogP contribution in [0.1, 0.15) is 11.1 Å². The molecule has 0 spiro atoms. The number of carbonyl (C=O) groups is 1. The lowest BCUT2D eigenvalue weighted by Gasteiger charge is -2.11. The van der Waals surface area contributed by atoms with Crippen molar-refractivity contribution in [2.24, 2.45) is 4.99 Å². The second kappa shape index (κ2) is 8.33. The van der Waals surface area contributed by atoms with Crippen molar-refractivity contribution in [2.45, 2.75) is 6.92 Å². The number of aliphatic hydroxyl groups is 1. The van der Waals surface area contributed by atoms with Gasteiger partial charge in [0.05, 0.1) is 17.7 Å². The fourth-order valence-electron chi connectivity index (χ4n) is 2.26. The van der Waals surface area contributed by atoms with Gasteiger partial charge in [-0.2, -0.15) is 4.39 Å². The van der Waals surface area contributed by atoms with Crippen LogP contribution in [-0.2, 0) is 9.53 Å². The Bertz CT molecular complexity index is 1000. The fraction of sp³-hybridized carbons (Fsp3) is 0.111. The maximum absolute atomic E-state index is 14.5. The molecule has 2 aromatic carbocycles. The lowest BCUT2D eigenvalue weighted by Crippen LogP contribution is -2.13. The van der Waals surface area contributed by atoms with Gasteiger partial charge < -0.3 is 9.84 Å². The number of hydrogen-bond acceptors (Lipinski definition) is 6. The van der Waals surface area contributed by atoms with Gasteiger partial charge in [0.1, 0.15) is 22.7 Å². The van der Waals surface area contributed by atoms with Crippen molar-refractivity contribution in [3.63, 3.8) is 0 Å². The summed E-state index contributed by atoms with van der Waals surface area (Å²) in [6, 6.07) is 8.01. The highest BCUT2D eigenvalue weighted by Crippen LogP contribution is 2.35. The maximum Gasteiger partial charge on any atom is 0.343 e. The zero-order valence-electron chi connectivity index (χ0n) is 14.6. The van der Waals surface area contributed by atoms with Crippen LogP contribution in [0.3, 0.4) is 0 Å². The lowest BCUT2D eigenvalue weighted by atomic mass is 10.0. The molecule has 10 heteroatoms. The molecule has 0 fully saturated rings. The Morgan fingerprint density at radius 2 is 1.79 bits per heavy atom. The topological polar surface area (TPSA) is 102 Å². The molecule has 146 valence electrons. The Kier molecular flexibility index (Phi) is 6.14. The number of methoxy groups -OCH3 is 1. The van der Waals surface area contributed by atoms with E-state index in [2.05, 4.69) is 9.73 Å². The molecule has 0 amide bonds. The van der Waals surface area contributed by atoms with Gasteiger partial charge in [-0.05, 0) is 19.1 Å². The summed E-state index contributed by atoms with van der Waals surface area (Å²) < 4.78 is 46.7. The molecule has 0 saturated carbocycles. The van der Waals surface area contributed by atoms with E-state index in [4.69, 9.17) is 0 Å². The highest BCUT2D eigenvalue weighted by Gasteiger charge is 2.35. The van der Waals surface area contributed by atoms with Gasteiger partial charge in [-0.25, -0.2) is 13.6 Å². The Morgan fingerprint density at radius 1 is 1.18 bits per heavy atom. The van der Waals surface area contributed by atoms with E-state index in [1.54, 1.807) is 18.2 Å². The first kappa shape index (κ1) is 20.6. The molecule has 0 unspecified atom stereocenters. The predicted molar refractivity (Wildman–Crippen MR) is 93.9 cm³/mol. The normalized spacial score (nSPS) is 12.0. The van der Waals surface area contributed by atoms with Crippen LogP contribution < -0.4 is 0 Å². The van der Waals surface area contributed by atoms with Crippen molar-refractivity contribution >= 4 is 29.3 Å². The Balaban J connectivity index is 2.81. The van der Waals surface area contributed by atoms with Crippen LogP contribution in [0, 0.1) is 34.5 Å². The van der Waals surface area contributed by atoms with Gasteiger partial charge in [0, 0.05) is 11.8 Å². The second-order valence-electron chi connectivity index (χ2n) is 5.40. The summed E-state index contributed by atoms with van der Waals surface area (Å²) in [5.41, 5.74) is -4.32. The number of nitrogens with zero attached hydrogens (tertiary/aromatic N) is 2. The number of halogens is 3. The van der Waals surface area contributed by atoms with Crippen molar-refractivity contribution < 1.29 is 32.7 Å². The number of para-hydroxylation sites is 1. The average molecular weight is 394 g/mol. The number of aliphatic hydroxyl groups excluding tert-OH is 1. The summed E-state index contributed by atoms with van der Waals surface area (Å²) in [6.45, 7) is 0.824. The molecule has 0 saturated heterocycles. The summed E-state index contributed by atoms with van der Waals surface area (Å²) in [6.07, 6.45) is 0.774. The minimum Gasteiger partial charge on any atom is -0.506 e. The molecule has 2 rings (SSSR count). The predicted octanol–water partition coefficient (Wildman–Crippen LogP) is 4.17. The van der Waals surface area contributed by atoms with Gasteiger partial charge in [-0.1, -0.05) is 18.2 Å². The van der Waals surface area contributed by atoms with E-state index in [9.17, 15) is 33.2 Å². The monoisotopic (exact) mass is 394 g/mol. The van der Waals surface area contributed by atoms with E-state index in [1.807, 2.05) is 0 Å². The van der Waals surface area contributed by atoms with Gasteiger partial charge in [0.25, 0.3) is 0 Å². The highest BCUT2D eigenvalue weighted by molar-refractivity contribution is 6.15. The third-order valence-corrected chi connectivity index (χ3v) is 3.69. The van der Waals surface area contributed by atoms with E-state index in [1.165, 1.54) is 12.1 Å². The number of nitro benzene ring substituents is 1. The summed E-state index contributed by atoms with van der Waals surface area (Å²) in [4.78, 5) is 25.6. The summed E-state index contributed by atoms with van der Waals surface area (Å²) >= 11 is 0.